The third-order valence-electron chi connectivity index (χ3n) is 5.42. The van der Waals surface area contributed by atoms with Gasteiger partial charge in [-0.15, -0.1) is 0 Å². The number of hydrogen-bond acceptors (Lipinski definition) is 4. The predicted octanol–water partition coefficient (Wildman–Crippen LogP) is 4.69. The van der Waals surface area contributed by atoms with E-state index >= 15 is 0 Å². The number of hydrogen-bond donors (Lipinski definition) is 4. The molecule has 3 rings (SSSR count). The number of phenols is 4. The molecular formula is C20H24O4. The Morgan fingerprint density at radius 2 is 1.62 bits per heavy atom. The molecule has 1 atom stereocenters. The highest BCUT2D eigenvalue weighted by Gasteiger charge is 2.43. The van der Waals surface area contributed by atoms with E-state index in [2.05, 4.69) is 20.4 Å². The Hall–Kier alpha value is -2.36. The lowest BCUT2D eigenvalue weighted by molar-refractivity contribution is 0.203. The number of allylic oxidation sites excluding steroid dienone is 1. The smallest absolute Gasteiger partial charge is 0.134 e. The normalized spacial score (nSPS) is 23.5. The molecule has 24 heavy (non-hydrogen) atoms. The van der Waals surface area contributed by atoms with Crippen molar-refractivity contribution in [3.8, 4) is 23.0 Å². The van der Waals surface area contributed by atoms with Crippen molar-refractivity contribution in [1.82, 2.24) is 0 Å². The largest absolute Gasteiger partial charge is 0.508 e. The molecule has 1 aliphatic rings. The van der Waals surface area contributed by atoms with E-state index in [0.717, 1.165) is 24.8 Å². The summed E-state index contributed by atoms with van der Waals surface area (Å²) in [5.41, 5.74) is 0.827. The van der Waals surface area contributed by atoms with Crippen molar-refractivity contribution >= 4 is 10.8 Å². The third-order valence-corrected chi connectivity index (χ3v) is 5.42. The van der Waals surface area contributed by atoms with E-state index in [1.165, 1.54) is 18.2 Å². The zero-order valence-electron chi connectivity index (χ0n) is 14.3. The molecule has 0 bridgehead atoms. The van der Waals surface area contributed by atoms with Crippen molar-refractivity contribution < 1.29 is 20.4 Å². The van der Waals surface area contributed by atoms with Crippen LogP contribution < -0.4 is 0 Å². The summed E-state index contributed by atoms with van der Waals surface area (Å²) in [5, 5.41) is 41.9. The monoisotopic (exact) mass is 328 g/mol. The first-order valence-electron chi connectivity index (χ1n) is 8.14. The number of phenolic OH excluding ortho intramolecular Hbond substituents is 4. The molecule has 4 heteroatoms. The Morgan fingerprint density at radius 3 is 2.29 bits per heavy atom. The summed E-state index contributed by atoms with van der Waals surface area (Å²) < 4.78 is 0. The first-order valence-corrected chi connectivity index (χ1v) is 8.14. The van der Waals surface area contributed by atoms with Gasteiger partial charge in [0.15, 0.2) is 0 Å². The van der Waals surface area contributed by atoms with E-state index in [9.17, 15) is 20.4 Å². The van der Waals surface area contributed by atoms with Gasteiger partial charge in [-0.25, -0.2) is 0 Å². The molecule has 0 aromatic heterocycles. The minimum atomic E-state index is -0.589. The second-order valence-corrected chi connectivity index (χ2v) is 7.96. The SMILES string of the molecule is C=C1CCC(C)(C)CC1(C)c1c(O)cc2cc(O)cc(O)c2c1O. The quantitative estimate of drug-likeness (QED) is 0.573. The fourth-order valence-corrected chi connectivity index (χ4v) is 4.22. The van der Waals surface area contributed by atoms with Crippen LogP contribution in [-0.4, -0.2) is 20.4 Å². The van der Waals surface area contributed by atoms with E-state index in [4.69, 9.17) is 0 Å². The minimum absolute atomic E-state index is 0.0497. The fourth-order valence-electron chi connectivity index (χ4n) is 4.22. The van der Waals surface area contributed by atoms with Crippen LogP contribution in [0.25, 0.3) is 10.8 Å². The maximum absolute atomic E-state index is 10.9. The summed E-state index contributed by atoms with van der Waals surface area (Å²) in [6.07, 6.45) is 2.57. The van der Waals surface area contributed by atoms with Gasteiger partial charge in [-0.05, 0) is 42.2 Å². The van der Waals surface area contributed by atoms with Crippen molar-refractivity contribution in [2.45, 2.75) is 45.4 Å². The van der Waals surface area contributed by atoms with Crippen LogP contribution in [0.1, 0.15) is 45.6 Å². The first kappa shape index (κ1) is 16.5. The molecule has 0 aliphatic heterocycles. The zero-order valence-corrected chi connectivity index (χ0v) is 14.3. The van der Waals surface area contributed by atoms with Crippen LogP contribution in [0.3, 0.4) is 0 Å². The predicted molar refractivity (Wildman–Crippen MR) is 94.7 cm³/mol. The Kier molecular flexibility index (Phi) is 3.48. The molecule has 1 fully saturated rings. The molecule has 1 saturated carbocycles. The Morgan fingerprint density at radius 1 is 0.958 bits per heavy atom. The Balaban J connectivity index is 2.32. The summed E-state index contributed by atoms with van der Waals surface area (Å²) in [7, 11) is 0. The second kappa shape index (κ2) is 5.07. The van der Waals surface area contributed by atoms with E-state index < -0.39 is 5.41 Å². The fraction of sp³-hybridized carbons (Fsp3) is 0.400. The molecule has 4 nitrogen and oxygen atoms in total. The third kappa shape index (κ3) is 2.37. The van der Waals surface area contributed by atoms with Crippen molar-refractivity contribution in [2.75, 3.05) is 0 Å². The van der Waals surface area contributed by atoms with Gasteiger partial charge < -0.3 is 20.4 Å². The molecule has 0 radical (unpaired) electrons. The summed E-state index contributed by atoms with van der Waals surface area (Å²) in [4.78, 5) is 0. The molecular weight excluding hydrogens is 304 g/mol. The molecule has 2 aromatic carbocycles. The average molecular weight is 328 g/mol. The number of benzene rings is 2. The number of fused-ring (bicyclic) bond motifs is 1. The lowest BCUT2D eigenvalue weighted by Gasteiger charge is -2.45. The molecule has 128 valence electrons. The van der Waals surface area contributed by atoms with Crippen molar-refractivity contribution in [3.63, 3.8) is 0 Å². The number of rotatable bonds is 1. The molecule has 1 unspecified atom stereocenters. The molecule has 1 aliphatic carbocycles. The van der Waals surface area contributed by atoms with Gasteiger partial charge in [-0.3, -0.25) is 0 Å². The van der Waals surface area contributed by atoms with Gasteiger partial charge in [-0.2, -0.15) is 0 Å². The lowest BCUT2D eigenvalue weighted by Crippen LogP contribution is -2.36. The molecule has 4 N–H and O–H groups in total. The van der Waals surface area contributed by atoms with Gasteiger partial charge in [0.1, 0.15) is 23.0 Å². The van der Waals surface area contributed by atoms with Crippen LogP contribution >= 0.6 is 0 Å². The van der Waals surface area contributed by atoms with E-state index in [1.54, 1.807) is 0 Å². The average Bonchev–Trinajstić information content (AvgIpc) is 2.41. The van der Waals surface area contributed by atoms with Crippen molar-refractivity contribution in [3.05, 3.63) is 35.9 Å². The highest BCUT2D eigenvalue weighted by molar-refractivity contribution is 5.97. The molecule has 0 heterocycles. The molecule has 0 saturated heterocycles. The highest BCUT2D eigenvalue weighted by atomic mass is 16.3. The summed E-state index contributed by atoms with van der Waals surface area (Å²) in [6.45, 7) is 10.5. The summed E-state index contributed by atoms with van der Waals surface area (Å²) >= 11 is 0. The van der Waals surface area contributed by atoms with Gasteiger partial charge in [0.2, 0.25) is 0 Å². The van der Waals surface area contributed by atoms with Crippen LogP contribution in [0.15, 0.2) is 30.4 Å². The number of aromatic hydroxyl groups is 4. The Bertz CT molecular complexity index is 851. The van der Waals surface area contributed by atoms with Crippen LogP contribution in [-0.2, 0) is 5.41 Å². The van der Waals surface area contributed by atoms with Gasteiger partial charge >= 0.3 is 0 Å². The van der Waals surface area contributed by atoms with Crippen LogP contribution in [0.2, 0.25) is 0 Å². The summed E-state index contributed by atoms with van der Waals surface area (Å²) in [5.74, 6) is -0.538. The first-order chi connectivity index (χ1) is 11.0. The molecule has 0 amide bonds. The highest BCUT2D eigenvalue weighted by Crippen LogP contribution is 2.56. The standard InChI is InChI=1S/C20H24O4/c1-11-5-6-19(2,3)10-20(11,4)17-15(23)8-12-7-13(21)9-14(22)16(12)18(17)24/h7-9,21-24H,1,5-6,10H2,2-4H3. The Labute approximate surface area is 141 Å². The topological polar surface area (TPSA) is 80.9 Å². The van der Waals surface area contributed by atoms with Crippen molar-refractivity contribution in [1.29, 1.82) is 0 Å². The maximum Gasteiger partial charge on any atom is 0.134 e. The van der Waals surface area contributed by atoms with Crippen LogP contribution in [0, 0.1) is 5.41 Å². The van der Waals surface area contributed by atoms with Crippen molar-refractivity contribution in [2.24, 2.45) is 5.41 Å². The van der Waals surface area contributed by atoms with Gasteiger partial charge in [-0.1, -0.05) is 32.9 Å². The van der Waals surface area contributed by atoms with Gasteiger partial charge in [0.05, 0.1) is 5.39 Å². The van der Waals surface area contributed by atoms with Gasteiger partial charge in [0, 0.05) is 17.0 Å². The van der Waals surface area contributed by atoms with E-state index in [1.807, 2.05) is 6.92 Å². The lowest BCUT2D eigenvalue weighted by atomic mass is 9.59. The maximum atomic E-state index is 10.9. The van der Waals surface area contributed by atoms with E-state index in [-0.39, 0.29) is 33.8 Å². The van der Waals surface area contributed by atoms with Gasteiger partial charge in [0.25, 0.3) is 0 Å². The summed E-state index contributed by atoms with van der Waals surface area (Å²) in [6, 6.07) is 4.06. The van der Waals surface area contributed by atoms with E-state index in [0.29, 0.717) is 10.9 Å². The van der Waals surface area contributed by atoms with Crippen LogP contribution in [0.4, 0.5) is 0 Å². The minimum Gasteiger partial charge on any atom is -0.508 e. The zero-order chi connectivity index (χ0) is 17.9. The molecule has 2 aromatic rings. The second-order valence-electron chi connectivity index (χ2n) is 7.96. The molecule has 0 spiro atoms. The van der Waals surface area contributed by atoms with Crippen LogP contribution in [0.5, 0.6) is 23.0 Å².